The number of hydrogen-bond acceptors (Lipinski definition) is 7. The number of para-hydroxylation sites is 1. The van der Waals surface area contributed by atoms with Crippen molar-refractivity contribution in [1.82, 2.24) is 19.9 Å². The van der Waals surface area contributed by atoms with Crippen molar-refractivity contribution in [1.29, 1.82) is 0 Å². The Morgan fingerprint density at radius 1 is 0.886 bits per heavy atom. The Kier molecular flexibility index (Phi) is 6.59. The summed E-state index contributed by atoms with van der Waals surface area (Å²) in [4.78, 5) is 18.6. The van der Waals surface area contributed by atoms with E-state index >= 15 is 0 Å². The fraction of sp³-hybridized carbons (Fsp3) is 0.143. The molecule has 1 unspecified atom stereocenters. The van der Waals surface area contributed by atoms with Gasteiger partial charge < -0.3 is 15.8 Å². The molecule has 7 nitrogen and oxygen atoms in total. The predicted molar refractivity (Wildman–Crippen MR) is 139 cm³/mol. The van der Waals surface area contributed by atoms with Crippen LogP contribution in [0.5, 0.6) is 5.75 Å². The lowest BCUT2D eigenvalue weighted by atomic mass is 10.1. The minimum Gasteiger partial charge on any atom is -0.496 e. The summed E-state index contributed by atoms with van der Waals surface area (Å²) < 4.78 is 5.61. The molecule has 0 spiro atoms. The number of benzene rings is 2. The first-order valence-corrected chi connectivity index (χ1v) is 11.5. The molecule has 0 fully saturated rings. The first-order chi connectivity index (χ1) is 17.2. The smallest absolute Gasteiger partial charge is 0.162 e. The van der Waals surface area contributed by atoms with Crippen molar-refractivity contribution in [3.8, 4) is 28.4 Å². The van der Waals surface area contributed by atoms with E-state index in [0.29, 0.717) is 18.2 Å². The highest BCUT2D eigenvalue weighted by Gasteiger charge is 2.17. The maximum Gasteiger partial charge on any atom is 0.162 e. The van der Waals surface area contributed by atoms with Crippen molar-refractivity contribution in [2.24, 2.45) is 5.73 Å². The van der Waals surface area contributed by atoms with E-state index in [2.05, 4.69) is 27.4 Å². The summed E-state index contributed by atoms with van der Waals surface area (Å²) in [6.45, 7) is 0.559. The number of ether oxygens (including phenoxy) is 1. The van der Waals surface area contributed by atoms with E-state index < -0.39 is 0 Å². The second-order valence-electron chi connectivity index (χ2n) is 8.22. The van der Waals surface area contributed by atoms with E-state index in [9.17, 15) is 0 Å². The van der Waals surface area contributed by atoms with E-state index in [1.54, 1.807) is 25.7 Å². The molecule has 1 atom stereocenters. The summed E-state index contributed by atoms with van der Waals surface area (Å²) >= 11 is 0. The fourth-order valence-electron chi connectivity index (χ4n) is 4.07. The van der Waals surface area contributed by atoms with Crippen molar-refractivity contribution in [3.63, 3.8) is 0 Å². The molecule has 0 bridgehead atoms. The molecule has 0 radical (unpaired) electrons. The number of methoxy groups -OCH3 is 1. The number of nitrogens with one attached hydrogen (secondary N) is 1. The Balaban J connectivity index is 1.57. The molecule has 0 aliphatic carbocycles. The maximum atomic E-state index is 6.46. The Bertz CT molecular complexity index is 1430. The lowest BCUT2D eigenvalue weighted by molar-refractivity contribution is 0.416. The summed E-state index contributed by atoms with van der Waals surface area (Å²) in [6.07, 6.45) is 6.00. The van der Waals surface area contributed by atoms with Gasteiger partial charge in [-0.2, -0.15) is 0 Å². The summed E-state index contributed by atoms with van der Waals surface area (Å²) in [5.74, 6) is 2.03. The Morgan fingerprint density at radius 3 is 2.46 bits per heavy atom. The summed E-state index contributed by atoms with van der Waals surface area (Å²) in [7, 11) is 1.66. The molecule has 3 aromatic heterocycles. The zero-order valence-corrected chi connectivity index (χ0v) is 19.4. The number of anilines is 1. The minimum atomic E-state index is -0.0812. The quantitative estimate of drug-likeness (QED) is 0.343. The molecule has 0 saturated carbocycles. The SMILES string of the molecule is COc1ccccc1-c1nccc2c(NCC(N)Cc3ccccc3)nc(-c3ccncc3)nc12. The zero-order chi connectivity index (χ0) is 24.0. The summed E-state index contributed by atoms with van der Waals surface area (Å²) in [5, 5.41) is 4.34. The third kappa shape index (κ3) is 4.95. The van der Waals surface area contributed by atoms with E-state index in [4.69, 9.17) is 20.4 Å². The first-order valence-electron chi connectivity index (χ1n) is 11.5. The van der Waals surface area contributed by atoms with Gasteiger partial charge in [0.15, 0.2) is 5.82 Å². The number of nitrogens with zero attached hydrogens (tertiary/aromatic N) is 4. The second kappa shape index (κ2) is 10.3. The van der Waals surface area contributed by atoms with Crippen LogP contribution in [0.3, 0.4) is 0 Å². The highest BCUT2D eigenvalue weighted by Crippen LogP contribution is 2.35. The van der Waals surface area contributed by atoms with Crippen LogP contribution in [0, 0.1) is 0 Å². The van der Waals surface area contributed by atoms with Crippen molar-refractivity contribution in [3.05, 3.63) is 97.0 Å². The molecule has 7 heteroatoms. The van der Waals surface area contributed by atoms with Crippen molar-refractivity contribution in [2.45, 2.75) is 12.5 Å². The number of rotatable bonds is 8. The maximum absolute atomic E-state index is 6.46. The lowest BCUT2D eigenvalue weighted by Gasteiger charge is -2.17. The van der Waals surface area contributed by atoms with Crippen LogP contribution in [-0.2, 0) is 6.42 Å². The molecule has 0 amide bonds. The van der Waals surface area contributed by atoms with Crippen LogP contribution >= 0.6 is 0 Å². The van der Waals surface area contributed by atoms with Gasteiger partial charge in [0, 0.05) is 47.7 Å². The minimum absolute atomic E-state index is 0.0812. The molecule has 5 aromatic rings. The Morgan fingerprint density at radius 2 is 1.66 bits per heavy atom. The van der Waals surface area contributed by atoms with Gasteiger partial charge >= 0.3 is 0 Å². The van der Waals surface area contributed by atoms with Crippen molar-refractivity contribution in [2.75, 3.05) is 19.0 Å². The predicted octanol–water partition coefficient (Wildman–Crippen LogP) is 4.74. The van der Waals surface area contributed by atoms with Gasteiger partial charge in [0.1, 0.15) is 22.8 Å². The molecule has 5 rings (SSSR count). The fourth-order valence-corrected chi connectivity index (χ4v) is 4.07. The van der Waals surface area contributed by atoms with Gasteiger partial charge in [0.2, 0.25) is 0 Å². The van der Waals surface area contributed by atoms with Gasteiger partial charge in [-0.1, -0.05) is 42.5 Å². The average Bonchev–Trinajstić information content (AvgIpc) is 2.92. The van der Waals surface area contributed by atoms with Crippen LogP contribution in [-0.4, -0.2) is 39.6 Å². The van der Waals surface area contributed by atoms with Crippen LogP contribution in [0.2, 0.25) is 0 Å². The molecule has 3 heterocycles. The van der Waals surface area contributed by atoms with E-state index in [-0.39, 0.29) is 6.04 Å². The highest BCUT2D eigenvalue weighted by atomic mass is 16.5. The van der Waals surface area contributed by atoms with Gasteiger partial charge in [0.25, 0.3) is 0 Å². The molecule has 0 aliphatic rings. The Labute approximate surface area is 204 Å². The molecule has 0 aliphatic heterocycles. The van der Waals surface area contributed by atoms with Crippen LogP contribution in [0.4, 0.5) is 5.82 Å². The second-order valence-corrected chi connectivity index (χ2v) is 8.22. The van der Waals surface area contributed by atoms with Gasteiger partial charge in [0.05, 0.1) is 7.11 Å². The van der Waals surface area contributed by atoms with Crippen LogP contribution in [0.15, 0.2) is 91.4 Å². The van der Waals surface area contributed by atoms with Gasteiger partial charge in [-0.25, -0.2) is 9.97 Å². The first kappa shape index (κ1) is 22.4. The number of aromatic nitrogens is 4. The molecule has 2 aromatic carbocycles. The molecule has 3 N–H and O–H groups in total. The molecular formula is C28H26N6O. The standard InChI is InChI=1S/C28H26N6O/c1-35-24-10-6-5-9-22(24)25-26-23(13-16-31-25)28(34-27(33-26)20-11-14-30-15-12-20)32-18-21(29)17-19-7-3-2-4-8-19/h2-16,21H,17-18,29H2,1H3,(H,32,33,34). The normalized spacial score (nSPS) is 11.8. The molecule has 174 valence electrons. The number of hydrogen-bond donors (Lipinski definition) is 2. The van der Waals surface area contributed by atoms with Crippen LogP contribution in [0.1, 0.15) is 5.56 Å². The third-order valence-electron chi connectivity index (χ3n) is 5.79. The van der Waals surface area contributed by atoms with Crippen LogP contribution in [0.25, 0.3) is 33.5 Å². The Hall–Kier alpha value is -4.36. The van der Waals surface area contributed by atoms with Crippen LogP contribution < -0.4 is 15.8 Å². The third-order valence-corrected chi connectivity index (χ3v) is 5.79. The van der Waals surface area contributed by atoms with Gasteiger partial charge in [-0.3, -0.25) is 9.97 Å². The van der Waals surface area contributed by atoms with Crippen molar-refractivity contribution < 1.29 is 4.74 Å². The molecule has 0 saturated heterocycles. The molecular weight excluding hydrogens is 436 g/mol. The van der Waals surface area contributed by atoms with Gasteiger partial charge in [-0.15, -0.1) is 0 Å². The van der Waals surface area contributed by atoms with Crippen molar-refractivity contribution >= 4 is 16.7 Å². The number of nitrogens with two attached hydrogens (primary N) is 1. The monoisotopic (exact) mass is 462 g/mol. The van der Waals surface area contributed by atoms with Gasteiger partial charge in [-0.05, 0) is 42.3 Å². The number of pyridine rings is 2. The number of fused-ring (bicyclic) bond motifs is 1. The van der Waals surface area contributed by atoms with E-state index in [1.807, 2.05) is 60.7 Å². The molecule has 35 heavy (non-hydrogen) atoms. The van der Waals surface area contributed by atoms with E-state index in [1.165, 1.54) is 5.56 Å². The summed E-state index contributed by atoms with van der Waals surface area (Å²) in [5.41, 5.74) is 10.9. The highest BCUT2D eigenvalue weighted by molar-refractivity contribution is 5.99. The lowest BCUT2D eigenvalue weighted by Crippen LogP contribution is -2.31. The largest absolute Gasteiger partial charge is 0.496 e. The topological polar surface area (TPSA) is 98.8 Å². The zero-order valence-electron chi connectivity index (χ0n) is 19.4. The van der Waals surface area contributed by atoms with E-state index in [0.717, 1.165) is 39.9 Å². The summed E-state index contributed by atoms with van der Waals surface area (Å²) in [6, 6.07) is 23.7. The average molecular weight is 463 g/mol.